The zero-order valence-electron chi connectivity index (χ0n) is 16.7. The average Bonchev–Trinajstić information content (AvgIpc) is 2.66. The van der Waals surface area contributed by atoms with Crippen molar-refractivity contribution < 1.29 is 13.9 Å². The second-order valence-electron chi connectivity index (χ2n) is 7.22. The van der Waals surface area contributed by atoms with Gasteiger partial charge in [-0.05, 0) is 31.7 Å². The maximum absolute atomic E-state index is 14.7. The van der Waals surface area contributed by atoms with Crippen LogP contribution in [0.15, 0.2) is 29.2 Å². The minimum Gasteiger partial charge on any atom is -0.462 e. The molecule has 1 aliphatic heterocycles. The first-order valence-corrected chi connectivity index (χ1v) is 9.72. The van der Waals surface area contributed by atoms with Crippen LogP contribution in [0.5, 0.6) is 0 Å². The summed E-state index contributed by atoms with van der Waals surface area (Å²) in [5, 5.41) is 4.12. The molecule has 0 bridgehead atoms. The van der Waals surface area contributed by atoms with Gasteiger partial charge in [-0.3, -0.25) is 4.79 Å². The predicted molar refractivity (Wildman–Crippen MR) is 110 cm³/mol. The molecule has 1 N–H and O–H groups in total. The molecule has 29 heavy (non-hydrogen) atoms. The van der Waals surface area contributed by atoms with Gasteiger partial charge in [0.2, 0.25) is 5.43 Å². The van der Waals surface area contributed by atoms with Gasteiger partial charge < -0.3 is 19.5 Å². The zero-order valence-corrected chi connectivity index (χ0v) is 16.7. The first-order valence-electron chi connectivity index (χ1n) is 9.72. The van der Waals surface area contributed by atoms with E-state index < -0.39 is 11.4 Å². The molecule has 7 nitrogen and oxygen atoms in total. The first-order chi connectivity index (χ1) is 13.9. The van der Waals surface area contributed by atoms with Crippen molar-refractivity contribution in [3.8, 4) is 0 Å². The van der Waals surface area contributed by atoms with Crippen LogP contribution < -0.4 is 15.6 Å². The number of fused-ring (bicyclic) bond motifs is 2. The summed E-state index contributed by atoms with van der Waals surface area (Å²) in [6, 6.07) is 5.07. The lowest BCUT2D eigenvalue weighted by Crippen LogP contribution is -2.58. The highest BCUT2D eigenvalue weighted by atomic mass is 19.1. The lowest BCUT2D eigenvalue weighted by molar-refractivity contribution is 0.0524. The van der Waals surface area contributed by atoms with Gasteiger partial charge in [-0.25, -0.2) is 14.2 Å². The monoisotopic (exact) mass is 398 g/mol. The zero-order chi connectivity index (χ0) is 20.7. The Balaban J connectivity index is 1.80. The molecule has 0 radical (unpaired) electrons. The average molecular weight is 398 g/mol. The lowest BCUT2D eigenvalue weighted by atomic mass is 10.1. The number of hydrogen-bond donors (Lipinski definition) is 1. The number of esters is 1. The summed E-state index contributed by atoms with van der Waals surface area (Å²) < 4.78 is 21.3. The highest BCUT2D eigenvalue weighted by Gasteiger charge is 2.28. The number of carbonyl (C=O) groups excluding carboxylic acids is 1. The second-order valence-corrected chi connectivity index (χ2v) is 7.22. The first kappa shape index (κ1) is 19.3. The van der Waals surface area contributed by atoms with Gasteiger partial charge in [0.15, 0.2) is 0 Å². The SMILES string of the molecule is CCNC1CN(c2cc3nc4c(cc3cc2F)c(=O)c(C(=O)OCC)cn4C)C1. The van der Waals surface area contributed by atoms with E-state index in [1.165, 1.54) is 12.3 Å². The van der Waals surface area contributed by atoms with Crippen LogP contribution in [0.1, 0.15) is 24.2 Å². The van der Waals surface area contributed by atoms with Crippen LogP contribution >= 0.6 is 0 Å². The molecule has 0 unspecified atom stereocenters. The van der Waals surface area contributed by atoms with Gasteiger partial charge in [-0.2, -0.15) is 0 Å². The number of aromatic nitrogens is 2. The fourth-order valence-corrected chi connectivity index (χ4v) is 3.76. The third-order valence-electron chi connectivity index (χ3n) is 5.22. The van der Waals surface area contributed by atoms with Crippen LogP contribution in [0.25, 0.3) is 21.9 Å². The van der Waals surface area contributed by atoms with Crippen LogP contribution in [0.4, 0.5) is 10.1 Å². The molecule has 1 fully saturated rings. The minimum absolute atomic E-state index is 0.0601. The molecule has 8 heteroatoms. The molecule has 0 amide bonds. The highest BCUT2D eigenvalue weighted by Crippen LogP contribution is 2.29. The van der Waals surface area contributed by atoms with Crippen LogP contribution in [0.2, 0.25) is 0 Å². The van der Waals surface area contributed by atoms with Gasteiger partial charge in [0.1, 0.15) is 17.0 Å². The Bertz CT molecular complexity index is 1170. The van der Waals surface area contributed by atoms with Gasteiger partial charge in [-0.15, -0.1) is 0 Å². The van der Waals surface area contributed by atoms with E-state index in [2.05, 4.69) is 10.3 Å². The van der Waals surface area contributed by atoms with E-state index in [1.807, 2.05) is 11.8 Å². The summed E-state index contributed by atoms with van der Waals surface area (Å²) in [5.74, 6) is -1.03. The molecule has 152 valence electrons. The minimum atomic E-state index is -0.676. The van der Waals surface area contributed by atoms with Crippen molar-refractivity contribution in [3.05, 3.63) is 46.0 Å². The third kappa shape index (κ3) is 3.33. The Kier molecular flexibility index (Phi) is 4.96. The number of nitrogens with zero attached hydrogens (tertiary/aromatic N) is 3. The summed E-state index contributed by atoms with van der Waals surface area (Å²) >= 11 is 0. The summed E-state index contributed by atoms with van der Waals surface area (Å²) in [7, 11) is 1.71. The van der Waals surface area contributed by atoms with Crippen LogP contribution in [0.3, 0.4) is 0 Å². The number of rotatable bonds is 5. The fraction of sp³-hybridized carbons (Fsp3) is 0.381. The maximum Gasteiger partial charge on any atom is 0.343 e. The van der Waals surface area contributed by atoms with Gasteiger partial charge >= 0.3 is 5.97 Å². The number of carbonyl (C=O) groups is 1. The van der Waals surface area contributed by atoms with Crippen molar-refractivity contribution in [1.29, 1.82) is 0 Å². The summed E-state index contributed by atoms with van der Waals surface area (Å²) in [4.78, 5) is 31.4. The van der Waals surface area contributed by atoms with Crippen LogP contribution in [-0.2, 0) is 11.8 Å². The van der Waals surface area contributed by atoms with E-state index in [9.17, 15) is 14.0 Å². The van der Waals surface area contributed by atoms with Crippen LogP contribution in [-0.4, -0.2) is 47.8 Å². The fourth-order valence-electron chi connectivity index (χ4n) is 3.76. The number of pyridine rings is 2. The molecule has 3 heterocycles. The molecule has 0 aliphatic carbocycles. The smallest absolute Gasteiger partial charge is 0.343 e. The van der Waals surface area contributed by atoms with E-state index in [0.29, 0.717) is 28.3 Å². The molecule has 0 atom stereocenters. The quantitative estimate of drug-likeness (QED) is 0.525. The Labute approximate surface area is 167 Å². The van der Waals surface area contributed by atoms with Crippen molar-refractivity contribution in [2.45, 2.75) is 19.9 Å². The molecular formula is C21H23FN4O3. The maximum atomic E-state index is 14.7. The molecule has 3 aromatic rings. The van der Waals surface area contributed by atoms with Crippen molar-refractivity contribution >= 4 is 33.6 Å². The van der Waals surface area contributed by atoms with Gasteiger partial charge in [0.05, 0.1) is 23.2 Å². The van der Waals surface area contributed by atoms with Gasteiger partial charge in [-0.1, -0.05) is 6.92 Å². The standard InChI is InChI=1S/C21H23FN4O3/c1-4-23-13-9-26(10-13)18-8-17-12(7-16(18)22)6-14-19(27)15(21(28)29-5-2)11-25(3)20(14)24-17/h6-8,11,13,23H,4-5,9-10H2,1-3H3. The number of anilines is 1. The normalized spacial score (nSPS) is 14.4. The van der Waals surface area contributed by atoms with E-state index in [1.54, 1.807) is 30.7 Å². The Morgan fingerprint density at radius 1 is 1.31 bits per heavy atom. The number of benzene rings is 1. The highest BCUT2D eigenvalue weighted by molar-refractivity contribution is 5.97. The van der Waals surface area contributed by atoms with Crippen molar-refractivity contribution in [3.63, 3.8) is 0 Å². The predicted octanol–water partition coefficient (Wildman–Crippen LogP) is 2.20. The molecular weight excluding hydrogens is 375 g/mol. The molecule has 1 aliphatic rings. The van der Waals surface area contributed by atoms with Gasteiger partial charge in [0, 0.05) is 37.8 Å². The van der Waals surface area contributed by atoms with E-state index >= 15 is 0 Å². The molecule has 4 rings (SSSR count). The number of halogens is 1. The molecule has 2 aromatic heterocycles. The summed E-state index contributed by atoms with van der Waals surface area (Å²) in [5.41, 5.74) is 1.01. The Morgan fingerprint density at radius 3 is 2.76 bits per heavy atom. The van der Waals surface area contributed by atoms with Crippen LogP contribution in [0, 0.1) is 5.82 Å². The van der Waals surface area contributed by atoms with Crippen molar-refractivity contribution in [2.75, 3.05) is 31.1 Å². The molecule has 1 saturated heterocycles. The largest absolute Gasteiger partial charge is 0.462 e. The topological polar surface area (TPSA) is 76.5 Å². The van der Waals surface area contributed by atoms with Crippen molar-refractivity contribution in [2.24, 2.45) is 7.05 Å². The van der Waals surface area contributed by atoms with Gasteiger partial charge in [0.25, 0.3) is 0 Å². The van der Waals surface area contributed by atoms with E-state index in [0.717, 1.165) is 19.6 Å². The summed E-state index contributed by atoms with van der Waals surface area (Å²) in [6.45, 7) is 6.27. The van der Waals surface area contributed by atoms with E-state index in [4.69, 9.17) is 4.74 Å². The second kappa shape index (κ2) is 7.44. The van der Waals surface area contributed by atoms with E-state index in [-0.39, 0.29) is 23.4 Å². The third-order valence-corrected chi connectivity index (χ3v) is 5.22. The summed E-state index contributed by atoms with van der Waals surface area (Å²) in [6.07, 6.45) is 1.43. The number of aryl methyl sites for hydroxylation is 1. The lowest BCUT2D eigenvalue weighted by Gasteiger charge is -2.41. The molecule has 0 saturated carbocycles. The Morgan fingerprint density at radius 2 is 2.07 bits per heavy atom. The molecule has 1 aromatic carbocycles. The number of ether oxygens (including phenoxy) is 1. The molecule has 0 spiro atoms. The number of nitrogens with one attached hydrogen (secondary N) is 1. The number of hydrogen-bond acceptors (Lipinski definition) is 6. The van der Waals surface area contributed by atoms with Crippen molar-refractivity contribution in [1.82, 2.24) is 14.9 Å². The Hall–Kier alpha value is -3.00. The number of likely N-dealkylation sites (N-methyl/N-ethyl adjacent to an activating group) is 1.